The van der Waals surface area contributed by atoms with Gasteiger partial charge in [-0.05, 0) is 69.3 Å². The van der Waals surface area contributed by atoms with Gasteiger partial charge in [-0.15, -0.1) is 0 Å². The molecule has 6 heteroatoms. The SMILES string of the molecule is CCNC(=NCCCN1CCC(O)CC1)NCCc1ccc(F)cc1C. The summed E-state index contributed by atoms with van der Waals surface area (Å²) >= 11 is 0. The van der Waals surface area contributed by atoms with Crippen LogP contribution < -0.4 is 10.6 Å². The van der Waals surface area contributed by atoms with Gasteiger partial charge >= 0.3 is 0 Å². The molecule has 146 valence electrons. The van der Waals surface area contributed by atoms with Crippen LogP contribution in [-0.2, 0) is 6.42 Å². The van der Waals surface area contributed by atoms with E-state index in [2.05, 4.69) is 27.4 Å². The fraction of sp³-hybridized carbons (Fsp3) is 0.650. The van der Waals surface area contributed by atoms with Crippen LogP contribution in [0, 0.1) is 12.7 Å². The van der Waals surface area contributed by atoms with E-state index in [0.717, 1.165) is 82.0 Å². The molecule has 0 spiro atoms. The summed E-state index contributed by atoms with van der Waals surface area (Å²) in [6.45, 7) is 9.38. The van der Waals surface area contributed by atoms with Gasteiger partial charge in [-0.1, -0.05) is 6.07 Å². The molecule has 2 rings (SSSR count). The van der Waals surface area contributed by atoms with Gasteiger partial charge in [0.25, 0.3) is 0 Å². The smallest absolute Gasteiger partial charge is 0.191 e. The molecule has 0 unspecified atom stereocenters. The van der Waals surface area contributed by atoms with E-state index < -0.39 is 0 Å². The van der Waals surface area contributed by atoms with Crippen molar-refractivity contribution in [2.45, 2.75) is 45.6 Å². The van der Waals surface area contributed by atoms with Gasteiger partial charge in [0, 0.05) is 32.7 Å². The van der Waals surface area contributed by atoms with E-state index in [-0.39, 0.29) is 11.9 Å². The first-order chi connectivity index (χ1) is 12.6. The normalized spacial score (nSPS) is 16.7. The van der Waals surface area contributed by atoms with Gasteiger partial charge in [-0.2, -0.15) is 0 Å². The molecule has 0 atom stereocenters. The van der Waals surface area contributed by atoms with Crippen molar-refractivity contribution in [2.24, 2.45) is 4.99 Å². The van der Waals surface area contributed by atoms with Crippen molar-refractivity contribution in [2.75, 3.05) is 39.3 Å². The summed E-state index contributed by atoms with van der Waals surface area (Å²) in [4.78, 5) is 7.04. The molecule has 1 fully saturated rings. The molecule has 3 N–H and O–H groups in total. The van der Waals surface area contributed by atoms with Gasteiger partial charge < -0.3 is 20.6 Å². The van der Waals surface area contributed by atoms with Gasteiger partial charge in [-0.3, -0.25) is 4.99 Å². The van der Waals surface area contributed by atoms with Crippen LogP contribution in [0.3, 0.4) is 0 Å². The molecule has 1 heterocycles. The fourth-order valence-electron chi connectivity index (χ4n) is 3.23. The number of halogens is 1. The minimum absolute atomic E-state index is 0.112. The highest BCUT2D eigenvalue weighted by Crippen LogP contribution is 2.11. The van der Waals surface area contributed by atoms with Gasteiger partial charge in [0.05, 0.1) is 6.10 Å². The summed E-state index contributed by atoms with van der Waals surface area (Å²) in [6.07, 6.45) is 3.52. The summed E-state index contributed by atoms with van der Waals surface area (Å²) in [6, 6.07) is 4.95. The predicted octanol–water partition coefficient (Wildman–Crippen LogP) is 2.08. The first-order valence-electron chi connectivity index (χ1n) is 9.76. The topological polar surface area (TPSA) is 59.9 Å². The first kappa shape index (κ1) is 20.6. The zero-order valence-corrected chi connectivity index (χ0v) is 16.1. The predicted molar refractivity (Wildman–Crippen MR) is 105 cm³/mol. The Balaban J connectivity index is 1.70. The second-order valence-corrected chi connectivity index (χ2v) is 6.93. The van der Waals surface area contributed by atoms with E-state index in [0.29, 0.717) is 0 Å². The minimum atomic E-state index is -0.183. The third-order valence-corrected chi connectivity index (χ3v) is 4.80. The summed E-state index contributed by atoms with van der Waals surface area (Å²) < 4.78 is 13.2. The van der Waals surface area contributed by atoms with Gasteiger partial charge in [-0.25, -0.2) is 4.39 Å². The largest absolute Gasteiger partial charge is 0.393 e. The number of likely N-dealkylation sites (tertiary alicyclic amines) is 1. The lowest BCUT2D eigenvalue weighted by molar-refractivity contribution is 0.0824. The maximum Gasteiger partial charge on any atom is 0.191 e. The van der Waals surface area contributed by atoms with E-state index in [1.165, 1.54) is 6.07 Å². The van der Waals surface area contributed by atoms with E-state index >= 15 is 0 Å². The molecular formula is C20H33FN4O. The molecule has 1 aliphatic heterocycles. The Morgan fingerprint density at radius 1 is 1.31 bits per heavy atom. The highest BCUT2D eigenvalue weighted by molar-refractivity contribution is 5.79. The zero-order valence-electron chi connectivity index (χ0n) is 16.1. The fourth-order valence-corrected chi connectivity index (χ4v) is 3.23. The molecule has 0 aliphatic carbocycles. The number of guanidine groups is 1. The van der Waals surface area contributed by atoms with Crippen molar-refractivity contribution in [1.82, 2.24) is 15.5 Å². The van der Waals surface area contributed by atoms with E-state index in [1.807, 2.05) is 13.0 Å². The number of aryl methyl sites for hydroxylation is 1. The van der Waals surface area contributed by atoms with Gasteiger partial charge in [0.15, 0.2) is 5.96 Å². The molecule has 0 bridgehead atoms. The molecule has 0 amide bonds. The number of piperidine rings is 1. The van der Waals surface area contributed by atoms with Crippen molar-refractivity contribution < 1.29 is 9.50 Å². The molecular weight excluding hydrogens is 331 g/mol. The molecule has 26 heavy (non-hydrogen) atoms. The van der Waals surface area contributed by atoms with E-state index in [9.17, 15) is 9.50 Å². The second-order valence-electron chi connectivity index (χ2n) is 6.93. The Labute approximate surface area is 156 Å². The Kier molecular flexibility index (Phi) is 8.85. The lowest BCUT2D eigenvalue weighted by Gasteiger charge is -2.29. The molecule has 1 saturated heterocycles. The van der Waals surface area contributed by atoms with Crippen molar-refractivity contribution in [3.63, 3.8) is 0 Å². The lowest BCUT2D eigenvalue weighted by atomic mass is 10.1. The Morgan fingerprint density at radius 3 is 2.77 bits per heavy atom. The van der Waals surface area contributed by atoms with Crippen LogP contribution in [0.5, 0.6) is 0 Å². The van der Waals surface area contributed by atoms with Crippen LogP contribution in [0.1, 0.15) is 37.3 Å². The maximum absolute atomic E-state index is 13.2. The van der Waals surface area contributed by atoms with Crippen molar-refractivity contribution in [1.29, 1.82) is 0 Å². The summed E-state index contributed by atoms with van der Waals surface area (Å²) in [7, 11) is 0. The highest BCUT2D eigenvalue weighted by Gasteiger charge is 2.15. The van der Waals surface area contributed by atoms with Crippen molar-refractivity contribution in [3.8, 4) is 0 Å². The summed E-state index contributed by atoms with van der Waals surface area (Å²) in [5.41, 5.74) is 2.14. The van der Waals surface area contributed by atoms with Crippen molar-refractivity contribution >= 4 is 5.96 Å². The Bertz CT molecular complexity index is 571. The number of rotatable bonds is 8. The molecule has 1 aromatic rings. The standard InChI is InChI=1S/C20H33FN4O/c1-3-22-20(23-10-4-12-25-13-8-19(26)9-14-25)24-11-7-17-5-6-18(21)15-16(17)2/h5-6,15,19,26H,3-4,7-14H2,1-2H3,(H2,22,23,24). The Hall–Kier alpha value is -1.66. The third-order valence-electron chi connectivity index (χ3n) is 4.80. The highest BCUT2D eigenvalue weighted by atomic mass is 19.1. The molecule has 1 aliphatic rings. The molecule has 5 nitrogen and oxygen atoms in total. The number of hydrogen-bond donors (Lipinski definition) is 3. The Morgan fingerprint density at radius 2 is 2.08 bits per heavy atom. The van der Waals surface area contributed by atoms with Crippen molar-refractivity contribution in [3.05, 3.63) is 35.1 Å². The van der Waals surface area contributed by atoms with Crippen LogP contribution in [-0.4, -0.2) is 61.3 Å². The van der Waals surface area contributed by atoms with Crippen LogP contribution >= 0.6 is 0 Å². The number of benzene rings is 1. The minimum Gasteiger partial charge on any atom is -0.393 e. The van der Waals surface area contributed by atoms with Gasteiger partial charge in [0.1, 0.15) is 5.82 Å². The molecule has 1 aromatic carbocycles. The van der Waals surface area contributed by atoms with Crippen LogP contribution in [0.15, 0.2) is 23.2 Å². The zero-order chi connectivity index (χ0) is 18.8. The summed E-state index contributed by atoms with van der Waals surface area (Å²) in [5.74, 6) is 0.652. The molecule has 0 radical (unpaired) electrons. The number of aliphatic hydroxyl groups is 1. The summed E-state index contributed by atoms with van der Waals surface area (Å²) in [5, 5.41) is 16.2. The maximum atomic E-state index is 13.2. The average Bonchev–Trinajstić information content (AvgIpc) is 2.62. The molecule has 0 saturated carbocycles. The monoisotopic (exact) mass is 364 g/mol. The number of aliphatic hydroxyl groups excluding tert-OH is 1. The van der Waals surface area contributed by atoms with E-state index in [4.69, 9.17) is 0 Å². The van der Waals surface area contributed by atoms with Crippen LogP contribution in [0.4, 0.5) is 4.39 Å². The van der Waals surface area contributed by atoms with Crippen LogP contribution in [0.2, 0.25) is 0 Å². The number of aliphatic imine (C=N–C) groups is 1. The van der Waals surface area contributed by atoms with Crippen LogP contribution in [0.25, 0.3) is 0 Å². The van der Waals surface area contributed by atoms with E-state index in [1.54, 1.807) is 6.07 Å². The van der Waals surface area contributed by atoms with Gasteiger partial charge in [0.2, 0.25) is 0 Å². The number of nitrogens with one attached hydrogen (secondary N) is 2. The second kappa shape index (κ2) is 11.1. The third kappa shape index (κ3) is 7.30. The number of hydrogen-bond acceptors (Lipinski definition) is 3. The average molecular weight is 365 g/mol. The quantitative estimate of drug-likeness (QED) is 0.376. The molecule has 0 aromatic heterocycles. The first-order valence-corrected chi connectivity index (χ1v) is 9.76. The lowest BCUT2D eigenvalue weighted by Crippen LogP contribution is -2.39. The number of nitrogens with zero attached hydrogens (tertiary/aromatic N) is 2.